The van der Waals surface area contributed by atoms with Gasteiger partial charge in [-0.2, -0.15) is 0 Å². The number of benzene rings is 2. The van der Waals surface area contributed by atoms with Gasteiger partial charge in [0.05, 0.1) is 15.9 Å². The van der Waals surface area contributed by atoms with E-state index in [1.165, 1.54) is 30.3 Å². The Morgan fingerprint density at radius 2 is 1.93 bits per heavy atom. The maximum atomic E-state index is 13.4. The van der Waals surface area contributed by atoms with E-state index >= 15 is 0 Å². The lowest BCUT2D eigenvalue weighted by atomic mass is 10.2. The number of rotatable bonds is 8. The SMILES string of the molecule is CCNS(=O)(=O)c1ccc(C=CC(=O)NCCc2nc3ccc(F)cc3n2C)cc1. The van der Waals surface area contributed by atoms with Crippen molar-refractivity contribution in [1.29, 1.82) is 0 Å². The third kappa shape index (κ3) is 5.11. The lowest BCUT2D eigenvalue weighted by Gasteiger charge is -2.05. The first kappa shape index (κ1) is 21.7. The second-order valence-corrected chi connectivity index (χ2v) is 8.43. The summed E-state index contributed by atoms with van der Waals surface area (Å²) in [5.74, 6) is 0.157. The molecule has 2 N–H and O–H groups in total. The molecule has 0 fully saturated rings. The number of sulfonamides is 1. The lowest BCUT2D eigenvalue weighted by molar-refractivity contribution is -0.116. The Balaban J connectivity index is 1.55. The lowest BCUT2D eigenvalue weighted by Crippen LogP contribution is -2.24. The van der Waals surface area contributed by atoms with Crippen LogP contribution in [0.25, 0.3) is 17.1 Å². The molecule has 0 aliphatic carbocycles. The van der Waals surface area contributed by atoms with Crippen LogP contribution in [0.15, 0.2) is 53.4 Å². The quantitative estimate of drug-likeness (QED) is 0.537. The van der Waals surface area contributed by atoms with Crippen LogP contribution in [-0.2, 0) is 28.3 Å². The summed E-state index contributed by atoms with van der Waals surface area (Å²) in [4.78, 5) is 16.7. The molecule has 0 atom stereocenters. The molecular formula is C21H23FN4O3S. The van der Waals surface area contributed by atoms with E-state index in [4.69, 9.17) is 0 Å². The zero-order chi connectivity index (χ0) is 21.7. The molecule has 2 aromatic carbocycles. The maximum absolute atomic E-state index is 13.4. The molecule has 0 spiro atoms. The topological polar surface area (TPSA) is 93.1 Å². The predicted molar refractivity (Wildman–Crippen MR) is 114 cm³/mol. The fourth-order valence-electron chi connectivity index (χ4n) is 3.00. The first-order valence-corrected chi connectivity index (χ1v) is 10.9. The van der Waals surface area contributed by atoms with Gasteiger partial charge in [0.25, 0.3) is 0 Å². The first-order chi connectivity index (χ1) is 14.3. The van der Waals surface area contributed by atoms with E-state index in [1.54, 1.807) is 31.2 Å². The monoisotopic (exact) mass is 430 g/mol. The molecule has 0 bridgehead atoms. The zero-order valence-corrected chi connectivity index (χ0v) is 17.5. The van der Waals surface area contributed by atoms with Crippen molar-refractivity contribution in [2.24, 2.45) is 7.05 Å². The normalized spacial score (nSPS) is 12.0. The molecule has 3 aromatic rings. The van der Waals surface area contributed by atoms with Crippen LogP contribution in [0.2, 0.25) is 0 Å². The van der Waals surface area contributed by atoms with E-state index in [1.807, 2.05) is 11.6 Å². The predicted octanol–water partition coefficient (Wildman–Crippen LogP) is 2.38. The summed E-state index contributed by atoms with van der Waals surface area (Å²) >= 11 is 0. The summed E-state index contributed by atoms with van der Waals surface area (Å²) in [6.07, 6.45) is 3.50. The number of amides is 1. The summed E-state index contributed by atoms with van der Waals surface area (Å²) in [5, 5.41) is 2.78. The Bertz CT molecular complexity index is 1180. The van der Waals surface area contributed by atoms with Crippen LogP contribution in [0, 0.1) is 5.82 Å². The smallest absolute Gasteiger partial charge is 0.244 e. The van der Waals surface area contributed by atoms with Crippen molar-refractivity contribution in [3.63, 3.8) is 0 Å². The number of hydrogen-bond donors (Lipinski definition) is 2. The van der Waals surface area contributed by atoms with Crippen LogP contribution in [0.1, 0.15) is 18.3 Å². The van der Waals surface area contributed by atoms with Gasteiger partial charge in [-0.05, 0) is 42.0 Å². The van der Waals surface area contributed by atoms with E-state index in [9.17, 15) is 17.6 Å². The number of nitrogens with zero attached hydrogens (tertiary/aromatic N) is 2. The molecule has 3 rings (SSSR count). The van der Waals surface area contributed by atoms with Crippen LogP contribution in [0.3, 0.4) is 0 Å². The van der Waals surface area contributed by atoms with Gasteiger partial charge < -0.3 is 9.88 Å². The van der Waals surface area contributed by atoms with Gasteiger partial charge in [0.2, 0.25) is 15.9 Å². The average Bonchev–Trinajstić information content (AvgIpc) is 3.02. The molecule has 0 radical (unpaired) electrons. The van der Waals surface area contributed by atoms with Gasteiger partial charge in [-0.25, -0.2) is 22.5 Å². The molecule has 30 heavy (non-hydrogen) atoms. The van der Waals surface area contributed by atoms with Crippen LogP contribution < -0.4 is 10.0 Å². The van der Waals surface area contributed by atoms with Crippen LogP contribution in [0.4, 0.5) is 4.39 Å². The summed E-state index contributed by atoms with van der Waals surface area (Å²) in [5.41, 5.74) is 2.12. The minimum atomic E-state index is -3.49. The molecule has 1 amide bonds. The van der Waals surface area contributed by atoms with Crippen molar-refractivity contribution >= 4 is 33.0 Å². The number of aryl methyl sites for hydroxylation is 1. The highest BCUT2D eigenvalue weighted by Gasteiger charge is 2.11. The number of halogens is 1. The minimum Gasteiger partial charge on any atom is -0.352 e. The molecule has 158 valence electrons. The molecule has 1 heterocycles. The molecule has 0 unspecified atom stereocenters. The van der Waals surface area contributed by atoms with Crippen LogP contribution >= 0.6 is 0 Å². The van der Waals surface area contributed by atoms with Gasteiger partial charge in [-0.15, -0.1) is 0 Å². The molecule has 9 heteroatoms. The molecule has 0 aliphatic rings. The summed E-state index contributed by atoms with van der Waals surface area (Å²) in [6, 6.07) is 10.7. The number of fused-ring (bicyclic) bond motifs is 1. The van der Waals surface area contributed by atoms with E-state index in [2.05, 4.69) is 15.0 Å². The largest absolute Gasteiger partial charge is 0.352 e. The van der Waals surface area contributed by atoms with Gasteiger partial charge in [-0.3, -0.25) is 4.79 Å². The van der Waals surface area contributed by atoms with Gasteiger partial charge in [-0.1, -0.05) is 19.1 Å². The third-order valence-electron chi connectivity index (χ3n) is 4.54. The summed E-state index contributed by atoms with van der Waals surface area (Å²) in [6.45, 7) is 2.40. The number of carbonyl (C=O) groups excluding carboxylic acids is 1. The average molecular weight is 431 g/mol. The molecule has 1 aromatic heterocycles. The van der Waals surface area contributed by atoms with Crippen molar-refractivity contribution in [2.45, 2.75) is 18.2 Å². The fourth-order valence-corrected chi connectivity index (χ4v) is 4.04. The Morgan fingerprint density at radius 3 is 2.63 bits per heavy atom. The minimum absolute atomic E-state index is 0.174. The Labute approximate surface area is 174 Å². The van der Waals surface area contributed by atoms with Crippen LogP contribution in [0.5, 0.6) is 0 Å². The number of carbonyl (C=O) groups is 1. The van der Waals surface area contributed by atoms with Gasteiger partial charge in [0.15, 0.2) is 0 Å². The fraction of sp³-hybridized carbons (Fsp3) is 0.238. The number of hydrogen-bond acceptors (Lipinski definition) is 4. The summed E-state index contributed by atoms with van der Waals surface area (Å²) < 4.78 is 41.5. The van der Waals surface area contributed by atoms with Gasteiger partial charge >= 0.3 is 0 Å². The Morgan fingerprint density at radius 1 is 1.20 bits per heavy atom. The van der Waals surface area contributed by atoms with E-state index < -0.39 is 10.0 Å². The van der Waals surface area contributed by atoms with E-state index in [0.717, 1.165) is 5.82 Å². The Kier molecular flexibility index (Phi) is 6.63. The van der Waals surface area contributed by atoms with Crippen molar-refractivity contribution in [3.8, 4) is 0 Å². The highest BCUT2D eigenvalue weighted by Crippen LogP contribution is 2.16. The number of nitrogens with one attached hydrogen (secondary N) is 2. The van der Waals surface area contributed by atoms with Crippen molar-refractivity contribution < 1.29 is 17.6 Å². The second kappa shape index (κ2) is 9.19. The van der Waals surface area contributed by atoms with Crippen molar-refractivity contribution in [1.82, 2.24) is 19.6 Å². The van der Waals surface area contributed by atoms with E-state index in [0.29, 0.717) is 36.1 Å². The molecule has 0 aliphatic heterocycles. The first-order valence-electron chi connectivity index (χ1n) is 9.46. The van der Waals surface area contributed by atoms with Gasteiger partial charge in [0, 0.05) is 32.6 Å². The third-order valence-corrected chi connectivity index (χ3v) is 6.10. The van der Waals surface area contributed by atoms with Crippen LogP contribution in [-0.4, -0.2) is 37.0 Å². The highest BCUT2D eigenvalue weighted by molar-refractivity contribution is 7.89. The molecule has 0 saturated carbocycles. The second-order valence-electron chi connectivity index (χ2n) is 6.66. The van der Waals surface area contributed by atoms with Crippen molar-refractivity contribution in [3.05, 3.63) is 65.7 Å². The molecule has 7 nitrogen and oxygen atoms in total. The maximum Gasteiger partial charge on any atom is 0.244 e. The van der Waals surface area contributed by atoms with Gasteiger partial charge in [0.1, 0.15) is 11.6 Å². The Hall–Kier alpha value is -3.04. The highest BCUT2D eigenvalue weighted by atomic mass is 32.2. The molecule has 0 saturated heterocycles. The number of imidazole rings is 1. The summed E-state index contributed by atoms with van der Waals surface area (Å²) in [7, 11) is -1.68. The molecular weight excluding hydrogens is 407 g/mol. The van der Waals surface area contributed by atoms with E-state index in [-0.39, 0.29) is 16.6 Å². The van der Waals surface area contributed by atoms with Crippen molar-refractivity contribution in [2.75, 3.05) is 13.1 Å². The number of aromatic nitrogens is 2. The standard InChI is InChI=1S/C21H23FN4O3S/c1-3-24-30(28,29)17-8-4-15(5-9-17)6-11-21(27)23-13-12-20-25-18-10-7-16(22)14-19(18)26(20)2/h4-11,14,24H,3,12-13H2,1-2H3,(H,23,27). The zero-order valence-electron chi connectivity index (χ0n) is 16.7.